The summed E-state index contributed by atoms with van der Waals surface area (Å²) in [4.78, 5) is 0. The molecule has 540 valence electrons. The van der Waals surface area contributed by atoms with Crippen molar-refractivity contribution in [3.63, 3.8) is 0 Å². The third kappa shape index (κ3) is 9.32. The van der Waals surface area contributed by atoms with Crippen LogP contribution in [0.2, 0.25) is 0 Å². The van der Waals surface area contributed by atoms with Gasteiger partial charge >= 0.3 is 0 Å². The van der Waals surface area contributed by atoms with E-state index in [1.807, 2.05) is 0 Å². The number of fused-ring (bicyclic) bond motifs is 22. The van der Waals surface area contributed by atoms with Gasteiger partial charge in [-0.05, 0) is 241 Å². The topological polar surface area (TPSA) is 18.1 Å². The Morgan fingerprint density at radius 2 is 0.513 bits per heavy atom. The third-order valence-electron chi connectivity index (χ3n) is 25.9. The number of benzene rings is 21. The van der Waals surface area contributed by atoms with Gasteiger partial charge in [-0.1, -0.05) is 370 Å². The molecule has 0 unspecified atom stereocenters. The van der Waals surface area contributed by atoms with Crippen LogP contribution < -0.4 is 0 Å². The lowest BCUT2D eigenvalue weighted by molar-refractivity contribution is 0.669. The molecule has 0 atom stereocenters. The van der Waals surface area contributed by atoms with Crippen molar-refractivity contribution in [2.24, 2.45) is 0 Å². The lowest BCUT2D eigenvalue weighted by Gasteiger charge is -2.30. The molecule has 0 saturated heterocycles. The largest absolute Gasteiger partial charge is 0.456 e. The quantitative estimate of drug-likeness (QED) is 0.0986. The Kier molecular flexibility index (Phi) is 14.2. The molecule has 0 fully saturated rings. The normalized spacial score (nSPS) is 12.7. The molecule has 0 aliphatic heterocycles. The molecule has 2 aromatic heterocycles. The maximum atomic E-state index is 6.79. The summed E-state index contributed by atoms with van der Waals surface area (Å²) in [5, 5.41) is 16.6. The van der Waals surface area contributed by atoms with Gasteiger partial charge in [0.25, 0.3) is 0 Å². The maximum Gasteiger partial charge on any atom is 0.137 e. The standard InChI is InChI=1S/C115H69NO/c1-7-33-70(34-8-1)101-102(71-35-9-2-10-36-71)106(75-43-17-6-18-44-75)112-88-55-32-57-90-110(88)109-87(111(112)105(101)74-41-15-5-16-42-74)54-31-56-89(109)113-107(78-46-29-45-76(65-78)77-63-64-84-83-51-21-26-60-95(83)115(96(84)67-77)93-58-24-19-49-81(93)82-50-20-25-59-94(82)115)103(72-37-11-3-12-38-72)104(73-39-13-4-14-40-73)108(114(90)113)79-47-30-48-80(66-79)116-97-61-27-22-52-85(97)91-68-92-86-53-23-28-62-99(86)117-100(92)69-98(91)116/h1-69H. The fourth-order valence-electron chi connectivity index (χ4n) is 21.4. The second-order valence-electron chi connectivity index (χ2n) is 31.7. The molecule has 2 heterocycles. The molecule has 0 saturated carbocycles. The highest BCUT2D eigenvalue weighted by molar-refractivity contribution is 6.47. The smallest absolute Gasteiger partial charge is 0.137 e. The first-order valence-corrected chi connectivity index (χ1v) is 40.7. The van der Waals surface area contributed by atoms with Crippen molar-refractivity contribution < 1.29 is 4.42 Å². The average molecular weight is 1480 g/mol. The lowest BCUT2D eigenvalue weighted by Crippen LogP contribution is -2.25. The van der Waals surface area contributed by atoms with Crippen molar-refractivity contribution >= 4 is 97.6 Å². The van der Waals surface area contributed by atoms with Crippen LogP contribution in [0.15, 0.2) is 423 Å². The molecule has 2 nitrogen and oxygen atoms in total. The van der Waals surface area contributed by atoms with E-state index < -0.39 is 5.41 Å². The van der Waals surface area contributed by atoms with Crippen molar-refractivity contribution in [2.75, 3.05) is 0 Å². The monoisotopic (exact) mass is 1480 g/mol. The number of hydrogen-bond acceptors (Lipinski definition) is 1. The predicted molar refractivity (Wildman–Crippen MR) is 492 cm³/mol. The minimum absolute atomic E-state index is 0.517. The van der Waals surface area contributed by atoms with Gasteiger partial charge in [0.15, 0.2) is 0 Å². The molecule has 0 radical (unpaired) electrons. The van der Waals surface area contributed by atoms with E-state index in [2.05, 4.69) is 423 Å². The van der Waals surface area contributed by atoms with Crippen molar-refractivity contribution in [3.8, 4) is 128 Å². The number of para-hydroxylation sites is 2. The highest BCUT2D eigenvalue weighted by Gasteiger charge is 2.51. The summed E-state index contributed by atoms with van der Waals surface area (Å²) in [6, 6.07) is 158. The number of nitrogens with zero attached hydrogens (tertiary/aromatic N) is 1. The Bertz CT molecular complexity index is 8010. The lowest BCUT2D eigenvalue weighted by atomic mass is 9.70. The van der Waals surface area contributed by atoms with Crippen LogP contribution >= 0.6 is 0 Å². The van der Waals surface area contributed by atoms with E-state index in [1.165, 1.54) is 137 Å². The number of rotatable bonds is 10. The summed E-state index contributed by atoms with van der Waals surface area (Å²) in [5.41, 5.74) is 35.8. The van der Waals surface area contributed by atoms with E-state index in [9.17, 15) is 0 Å². The molecule has 23 aromatic rings. The summed E-state index contributed by atoms with van der Waals surface area (Å²) >= 11 is 0. The molecule has 2 aliphatic rings. The molecule has 2 aliphatic carbocycles. The van der Waals surface area contributed by atoms with E-state index in [1.54, 1.807) is 0 Å². The molecular weight excluding hydrogens is 1410 g/mol. The Labute approximate surface area is 676 Å². The zero-order valence-corrected chi connectivity index (χ0v) is 63.7. The zero-order valence-electron chi connectivity index (χ0n) is 63.7. The van der Waals surface area contributed by atoms with Gasteiger partial charge in [-0.25, -0.2) is 0 Å². The summed E-state index contributed by atoms with van der Waals surface area (Å²) in [6.07, 6.45) is 0. The Balaban J connectivity index is 0.864. The molecular formula is C115H69NO. The van der Waals surface area contributed by atoms with Crippen LogP contribution in [-0.2, 0) is 5.41 Å². The molecule has 25 rings (SSSR count). The van der Waals surface area contributed by atoms with Crippen LogP contribution in [0.25, 0.3) is 226 Å². The zero-order chi connectivity index (χ0) is 76.6. The van der Waals surface area contributed by atoms with Gasteiger partial charge in [-0.15, -0.1) is 0 Å². The first-order chi connectivity index (χ1) is 58.1. The van der Waals surface area contributed by atoms with Gasteiger partial charge in [-0.3, -0.25) is 0 Å². The SMILES string of the molecule is c1ccc(-c2c(-c3ccccc3)c(-c3ccccc3)c3c4cccc5c6c(-c7cccc(-n8c9ccccc9c9cc%10c(cc98)oc8ccccc8%10)c7)c(-c7ccccc7)c(-c7ccccc7)c(-c7cccc(-c8ccc9c(c8)C8(c%10ccccc%10-c%10ccccc%108)c8ccccc8-9)c7)c6c6cccc(c3c2-c2ccccc2)c6c45)cc1. The molecule has 1 spiro atoms. The number of aromatic nitrogens is 1. The minimum Gasteiger partial charge on any atom is -0.456 e. The van der Waals surface area contributed by atoms with Gasteiger partial charge < -0.3 is 8.98 Å². The first-order valence-electron chi connectivity index (χ1n) is 40.7. The van der Waals surface area contributed by atoms with Crippen molar-refractivity contribution in [1.29, 1.82) is 0 Å². The Morgan fingerprint density at radius 1 is 0.171 bits per heavy atom. The second kappa shape index (κ2) is 25.4. The van der Waals surface area contributed by atoms with E-state index in [4.69, 9.17) is 4.42 Å². The summed E-state index contributed by atoms with van der Waals surface area (Å²) in [6.45, 7) is 0. The van der Waals surface area contributed by atoms with Gasteiger partial charge in [0.1, 0.15) is 11.2 Å². The van der Waals surface area contributed by atoms with Crippen LogP contribution in [0.4, 0.5) is 0 Å². The van der Waals surface area contributed by atoms with E-state index >= 15 is 0 Å². The Morgan fingerprint density at radius 3 is 0.991 bits per heavy atom. The van der Waals surface area contributed by atoms with Crippen molar-refractivity contribution in [1.82, 2.24) is 4.57 Å². The first kappa shape index (κ1) is 65.3. The Hall–Kier alpha value is -15.2. The predicted octanol–water partition coefficient (Wildman–Crippen LogP) is 31.2. The van der Waals surface area contributed by atoms with Crippen LogP contribution in [-0.4, -0.2) is 4.57 Å². The van der Waals surface area contributed by atoms with Crippen LogP contribution in [0.1, 0.15) is 22.3 Å². The average Bonchev–Trinajstić information content (AvgIpc) is 1.29. The second-order valence-corrected chi connectivity index (χ2v) is 31.7. The number of furan rings is 1. The molecule has 0 N–H and O–H groups in total. The van der Waals surface area contributed by atoms with Gasteiger partial charge in [0.2, 0.25) is 0 Å². The van der Waals surface area contributed by atoms with Gasteiger partial charge in [0.05, 0.1) is 16.4 Å². The fourth-order valence-corrected chi connectivity index (χ4v) is 21.4. The highest BCUT2D eigenvalue weighted by Crippen LogP contribution is 2.65. The molecule has 21 aromatic carbocycles. The van der Waals surface area contributed by atoms with Crippen molar-refractivity contribution in [3.05, 3.63) is 441 Å². The van der Waals surface area contributed by atoms with E-state index in [-0.39, 0.29) is 0 Å². The summed E-state index contributed by atoms with van der Waals surface area (Å²) < 4.78 is 9.26. The van der Waals surface area contributed by atoms with E-state index in [0.29, 0.717) is 0 Å². The summed E-state index contributed by atoms with van der Waals surface area (Å²) in [7, 11) is 0. The number of hydrogen-bond donors (Lipinski definition) is 0. The highest BCUT2D eigenvalue weighted by atomic mass is 16.3. The molecule has 117 heavy (non-hydrogen) atoms. The van der Waals surface area contributed by atoms with Gasteiger partial charge in [-0.2, -0.15) is 0 Å². The fraction of sp³-hybridized carbons (Fsp3) is 0.00870. The van der Waals surface area contributed by atoms with E-state index in [0.717, 1.165) is 111 Å². The maximum absolute atomic E-state index is 6.79. The van der Waals surface area contributed by atoms with Crippen LogP contribution in [0.5, 0.6) is 0 Å². The molecule has 0 bridgehead atoms. The third-order valence-corrected chi connectivity index (χ3v) is 25.9. The summed E-state index contributed by atoms with van der Waals surface area (Å²) in [5.74, 6) is 0. The van der Waals surface area contributed by atoms with Crippen LogP contribution in [0, 0.1) is 0 Å². The molecule has 2 heteroatoms. The van der Waals surface area contributed by atoms with Crippen LogP contribution in [0.3, 0.4) is 0 Å². The van der Waals surface area contributed by atoms with Gasteiger partial charge in [0, 0.05) is 33.3 Å². The minimum atomic E-state index is -0.517. The van der Waals surface area contributed by atoms with Crippen molar-refractivity contribution in [2.45, 2.75) is 5.41 Å². The molecule has 0 amide bonds.